The number of carbonyl (C=O) groups excluding carboxylic acids is 1. The van der Waals surface area contributed by atoms with Gasteiger partial charge in [-0.15, -0.1) is 0 Å². The molecule has 318 valence electrons. The molecule has 1 aliphatic carbocycles. The van der Waals surface area contributed by atoms with Crippen molar-refractivity contribution in [1.29, 1.82) is 0 Å². The van der Waals surface area contributed by atoms with E-state index < -0.39 is 60.3 Å². The maximum Gasteiger partial charge on any atom is 0.475 e. The molecule has 1 amide bonds. The number of pyridine rings is 1. The largest absolute Gasteiger partial charge is 0.487 e. The Morgan fingerprint density at radius 2 is 1.59 bits per heavy atom. The minimum Gasteiger partial charge on any atom is -0.487 e. The monoisotopic (exact) mass is 859 g/mol. The number of cyclic esters (lactones) is 1. The minimum atomic E-state index is -4.16. The number of aliphatic hydroxyl groups is 1. The highest BCUT2D eigenvalue weighted by molar-refractivity contribution is 7.48. The molecule has 3 atom stereocenters. The number of phosphoric acid groups is 1. The molecular formula is C43H40F2N3O12P. The Kier molecular flexibility index (Phi) is 10.8. The van der Waals surface area contributed by atoms with Crippen molar-refractivity contribution in [2.75, 3.05) is 42.7 Å². The molecule has 18 heteroatoms. The zero-order chi connectivity index (χ0) is 42.5. The van der Waals surface area contributed by atoms with E-state index in [9.17, 15) is 29.2 Å². The minimum absolute atomic E-state index is 0.0351. The third-order valence-corrected chi connectivity index (χ3v) is 12.4. The van der Waals surface area contributed by atoms with Gasteiger partial charge in [-0.1, -0.05) is 60.7 Å². The van der Waals surface area contributed by atoms with Crippen molar-refractivity contribution in [2.24, 2.45) is 0 Å². The molecule has 2 N–H and O–H groups in total. The van der Waals surface area contributed by atoms with Crippen LogP contribution in [-0.4, -0.2) is 77.5 Å². The molecule has 1 aromatic heterocycles. The van der Waals surface area contributed by atoms with Crippen LogP contribution in [0, 0.1) is 11.6 Å². The highest BCUT2D eigenvalue weighted by atomic mass is 31.2. The number of phosphoric ester groups is 1. The highest BCUT2D eigenvalue weighted by Gasteiger charge is 2.48. The highest BCUT2D eigenvalue weighted by Crippen LogP contribution is 2.52. The van der Waals surface area contributed by atoms with Crippen molar-refractivity contribution >= 4 is 42.2 Å². The molecule has 0 spiro atoms. The van der Waals surface area contributed by atoms with E-state index in [0.717, 1.165) is 36.1 Å². The van der Waals surface area contributed by atoms with Crippen LogP contribution in [0.4, 0.5) is 25.0 Å². The maximum absolute atomic E-state index is 15.9. The first-order valence-electron chi connectivity index (χ1n) is 19.7. The van der Waals surface area contributed by atoms with Gasteiger partial charge >= 0.3 is 19.9 Å². The van der Waals surface area contributed by atoms with E-state index in [1.807, 2.05) is 36.4 Å². The number of halogens is 2. The number of carbonyl (C=O) groups is 2. The first-order valence-corrected chi connectivity index (χ1v) is 21.1. The van der Waals surface area contributed by atoms with Gasteiger partial charge in [0.2, 0.25) is 5.43 Å². The SMILES string of the molecule is O=C(O)c1cn(C2CC2)c2c3c(c(F)cc2c1=O)N1C[C@](O)(COc2ccc(N4C[C@H](COP(=O)(OCc5ccccc5)OCc5ccccc5)OC4=O)cc2F)C[C@H]1CO3. The van der Waals surface area contributed by atoms with Crippen LogP contribution in [0.1, 0.15) is 46.8 Å². The zero-order valence-electron chi connectivity index (χ0n) is 32.5. The molecular weight excluding hydrogens is 819 g/mol. The van der Waals surface area contributed by atoms with Gasteiger partial charge in [0, 0.05) is 24.7 Å². The Hall–Kier alpha value is -5.84. The Labute approximate surface area is 347 Å². The topological polar surface area (TPSA) is 176 Å². The smallest absolute Gasteiger partial charge is 0.475 e. The van der Waals surface area contributed by atoms with Crippen molar-refractivity contribution in [1.82, 2.24) is 4.57 Å². The van der Waals surface area contributed by atoms with Crippen LogP contribution in [0.5, 0.6) is 11.5 Å². The molecule has 0 radical (unpaired) electrons. The molecule has 0 bridgehead atoms. The first kappa shape index (κ1) is 40.6. The molecule has 0 unspecified atom stereocenters. The molecule has 1 saturated carbocycles. The number of amides is 1. The third kappa shape index (κ3) is 8.31. The number of benzene rings is 4. The number of carboxylic acids is 1. The average molecular weight is 860 g/mol. The van der Waals surface area contributed by atoms with Crippen LogP contribution in [-0.2, 0) is 36.1 Å². The summed E-state index contributed by atoms with van der Waals surface area (Å²) in [6, 6.07) is 22.4. The summed E-state index contributed by atoms with van der Waals surface area (Å²) < 4.78 is 81.1. The van der Waals surface area contributed by atoms with Gasteiger partial charge in [-0.3, -0.25) is 23.3 Å². The summed E-state index contributed by atoms with van der Waals surface area (Å²) in [5.41, 5.74) is -0.905. The number of fused-ring (bicyclic) bond motifs is 5. The van der Waals surface area contributed by atoms with Crippen molar-refractivity contribution in [3.05, 3.63) is 130 Å². The fourth-order valence-corrected chi connectivity index (χ4v) is 9.13. The fourth-order valence-electron chi connectivity index (χ4n) is 7.94. The predicted octanol–water partition coefficient (Wildman–Crippen LogP) is 6.98. The van der Waals surface area contributed by atoms with Gasteiger partial charge in [0.15, 0.2) is 23.1 Å². The number of anilines is 2. The second-order valence-corrected chi connectivity index (χ2v) is 17.2. The van der Waals surface area contributed by atoms with E-state index in [1.54, 1.807) is 33.7 Å². The first-order chi connectivity index (χ1) is 29.4. The molecule has 2 saturated heterocycles. The van der Waals surface area contributed by atoms with Crippen LogP contribution >= 0.6 is 7.82 Å². The Balaban J connectivity index is 0.847. The molecule has 5 aromatic rings. The Morgan fingerprint density at radius 3 is 2.23 bits per heavy atom. The van der Waals surface area contributed by atoms with Crippen LogP contribution in [0.15, 0.2) is 95.9 Å². The molecule has 15 nitrogen and oxygen atoms in total. The molecule has 61 heavy (non-hydrogen) atoms. The van der Waals surface area contributed by atoms with E-state index in [1.165, 1.54) is 23.2 Å². The standard InChI is InChI=1S/C43H40F2N3O12P/c44-34-15-29(47-18-31(60-42(47)52)23-59-61(54,57-20-26-7-3-1-4-8-26)58-21-27-9-5-2-6-10-27)13-14-36(34)56-25-43(53)17-30-22-55-40-37-32(16-35(45)38(40)48(30)24-43)39(49)33(41(50)51)19-46(37)28-11-12-28/h1-10,13-16,19,28,30-31,53H,11-12,17-18,20-25H2,(H,50,51)/t30-,31+,43-/m0/s1. The van der Waals surface area contributed by atoms with Gasteiger partial charge < -0.3 is 33.9 Å². The molecule has 3 fully saturated rings. The van der Waals surface area contributed by atoms with Gasteiger partial charge in [0.05, 0.1) is 55.5 Å². The maximum atomic E-state index is 15.9. The second-order valence-electron chi connectivity index (χ2n) is 15.5. The lowest BCUT2D eigenvalue weighted by atomic mass is 10.0. The predicted molar refractivity (Wildman–Crippen MR) is 215 cm³/mol. The van der Waals surface area contributed by atoms with Crippen LogP contribution in [0.25, 0.3) is 10.9 Å². The van der Waals surface area contributed by atoms with Crippen molar-refractivity contribution in [3.63, 3.8) is 0 Å². The summed E-state index contributed by atoms with van der Waals surface area (Å²) in [6.45, 7) is -0.984. The number of hydrogen-bond acceptors (Lipinski definition) is 12. The van der Waals surface area contributed by atoms with Gasteiger partial charge in [-0.2, -0.15) is 0 Å². The van der Waals surface area contributed by atoms with E-state index in [-0.39, 0.29) is 86.8 Å². The molecule has 4 aromatic carbocycles. The normalized spacial score (nSPS) is 20.9. The summed E-state index contributed by atoms with van der Waals surface area (Å²) in [7, 11) is -4.16. The average Bonchev–Trinajstić information content (AvgIpc) is 3.94. The summed E-state index contributed by atoms with van der Waals surface area (Å²) in [5, 5.41) is 21.2. The number of rotatable bonds is 15. The molecule has 4 aliphatic rings. The quantitative estimate of drug-likeness (QED) is 0.103. The van der Waals surface area contributed by atoms with E-state index in [4.69, 9.17) is 27.8 Å². The lowest BCUT2D eigenvalue weighted by Crippen LogP contribution is -2.41. The van der Waals surface area contributed by atoms with Gasteiger partial charge in [0.25, 0.3) is 0 Å². The lowest BCUT2D eigenvalue weighted by molar-refractivity contribution is 0.00980. The van der Waals surface area contributed by atoms with Gasteiger partial charge in [0.1, 0.15) is 36.2 Å². The summed E-state index contributed by atoms with van der Waals surface area (Å²) >= 11 is 0. The number of carboxylic acid groups (broad SMARTS) is 1. The Morgan fingerprint density at radius 1 is 0.902 bits per heavy atom. The number of ether oxygens (including phenoxy) is 3. The fraction of sp³-hybridized carbons (Fsp3) is 0.326. The van der Waals surface area contributed by atoms with E-state index in [0.29, 0.717) is 5.52 Å². The number of nitrogens with zero attached hydrogens (tertiary/aromatic N) is 3. The Bertz CT molecular complexity index is 2570. The van der Waals surface area contributed by atoms with Crippen molar-refractivity contribution in [3.8, 4) is 11.5 Å². The second kappa shape index (κ2) is 16.2. The van der Waals surface area contributed by atoms with E-state index in [2.05, 4.69) is 0 Å². The van der Waals surface area contributed by atoms with Gasteiger partial charge in [-0.05, 0) is 42.2 Å². The van der Waals surface area contributed by atoms with E-state index >= 15 is 8.78 Å². The number of hydrogen-bond donors (Lipinski definition) is 2. The van der Waals surface area contributed by atoms with Crippen molar-refractivity contribution in [2.45, 2.75) is 56.3 Å². The summed E-state index contributed by atoms with van der Waals surface area (Å²) in [6.07, 6.45) is 1.17. The summed E-state index contributed by atoms with van der Waals surface area (Å²) in [5.74, 6) is -3.17. The number of aromatic nitrogens is 1. The third-order valence-electron chi connectivity index (χ3n) is 11.1. The lowest BCUT2D eigenvalue weighted by Gasteiger charge is -2.34. The van der Waals surface area contributed by atoms with Crippen LogP contribution < -0.4 is 24.7 Å². The van der Waals surface area contributed by atoms with Crippen LogP contribution in [0.3, 0.4) is 0 Å². The summed E-state index contributed by atoms with van der Waals surface area (Å²) in [4.78, 5) is 40.7. The van der Waals surface area contributed by atoms with Crippen molar-refractivity contribution < 1.29 is 60.9 Å². The van der Waals surface area contributed by atoms with Gasteiger partial charge in [-0.25, -0.2) is 22.9 Å². The number of aromatic carboxylic acids is 1. The zero-order valence-corrected chi connectivity index (χ0v) is 33.4. The van der Waals surface area contributed by atoms with Crippen LogP contribution in [0.2, 0.25) is 0 Å². The molecule has 3 aliphatic heterocycles. The molecule has 9 rings (SSSR count). The molecule has 4 heterocycles.